The number of rotatable bonds is 3. The van der Waals surface area contributed by atoms with Crippen LogP contribution in [0.5, 0.6) is 0 Å². The summed E-state index contributed by atoms with van der Waals surface area (Å²) in [5, 5.41) is 10.2. The SMILES string of the molecule is C[C@@H]1[C@H](C(=O)O)CCCN1C(=O)Cc1cn2cc(Cl)cc(Cl)c2n1. The van der Waals surface area contributed by atoms with Crippen LogP contribution in [-0.2, 0) is 16.0 Å². The topological polar surface area (TPSA) is 74.9 Å². The molecule has 0 saturated carbocycles. The van der Waals surface area contributed by atoms with Crippen molar-refractivity contribution in [1.29, 1.82) is 0 Å². The van der Waals surface area contributed by atoms with Crippen molar-refractivity contribution in [2.24, 2.45) is 5.92 Å². The van der Waals surface area contributed by atoms with Gasteiger partial charge in [0.15, 0.2) is 5.65 Å². The Hall–Kier alpha value is -1.79. The van der Waals surface area contributed by atoms with Crippen LogP contribution >= 0.6 is 23.2 Å². The van der Waals surface area contributed by atoms with E-state index < -0.39 is 11.9 Å². The predicted molar refractivity (Wildman–Crippen MR) is 90.5 cm³/mol. The molecule has 1 amide bonds. The molecule has 2 aromatic rings. The monoisotopic (exact) mass is 369 g/mol. The van der Waals surface area contributed by atoms with Crippen molar-refractivity contribution in [3.63, 3.8) is 0 Å². The number of aliphatic carboxylic acids is 1. The van der Waals surface area contributed by atoms with Gasteiger partial charge in [-0.1, -0.05) is 23.2 Å². The minimum absolute atomic E-state index is 0.103. The first-order valence-electron chi connectivity index (χ1n) is 7.71. The van der Waals surface area contributed by atoms with Gasteiger partial charge >= 0.3 is 5.97 Å². The van der Waals surface area contributed by atoms with Crippen molar-refractivity contribution in [3.8, 4) is 0 Å². The summed E-state index contributed by atoms with van der Waals surface area (Å²) in [5.41, 5.74) is 1.12. The molecule has 3 heterocycles. The van der Waals surface area contributed by atoms with Crippen LogP contribution in [0.1, 0.15) is 25.5 Å². The van der Waals surface area contributed by atoms with E-state index in [1.165, 1.54) is 0 Å². The van der Waals surface area contributed by atoms with Crippen molar-refractivity contribution in [2.75, 3.05) is 6.54 Å². The van der Waals surface area contributed by atoms with Gasteiger partial charge in [-0.25, -0.2) is 4.98 Å². The first-order valence-corrected chi connectivity index (χ1v) is 8.47. The van der Waals surface area contributed by atoms with Crippen LogP contribution in [0.25, 0.3) is 5.65 Å². The van der Waals surface area contributed by atoms with Gasteiger partial charge in [-0.05, 0) is 25.8 Å². The maximum Gasteiger partial charge on any atom is 0.308 e. The number of amides is 1. The Labute approximate surface area is 149 Å². The maximum absolute atomic E-state index is 12.6. The maximum atomic E-state index is 12.6. The van der Waals surface area contributed by atoms with E-state index >= 15 is 0 Å². The van der Waals surface area contributed by atoms with E-state index in [9.17, 15) is 14.7 Å². The molecule has 0 radical (unpaired) electrons. The molecule has 128 valence electrons. The molecule has 0 aliphatic carbocycles. The molecule has 1 aliphatic heterocycles. The van der Waals surface area contributed by atoms with Crippen molar-refractivity contribution in [1.82, 2.24) is 14.3 Å². The fraction of sp³-hybridized carbons (Fsp3) is 0.438. The number of carboxylic acid groups (broad SMARTS) is 1. The standard InChI is InChI=1S/C16H17Cl2N3O3/c1-9-12(16(23)24)3-2-4-21(9)14(22)6-11-8-20-7-10(17)5-13(18)15(20)19-11/h5,7-9,12H,2-4,6H2,1H3,(H,23,24)/t9-,12-/m1/s1. The number of likely N-dealkylation sites (tertiary alicyclic amines) is 1. The van der Waals surface area contributed by atoms with E-state index in [-0.39, 0.29) is 18.4 Å². The molecule has 0 unspecified atom stereocenters. The number of nitrogens with zero attached hydrogens (tertiary/aromatic N) is 3. The minimum Gasteiger partial charge on any atom is -0.481 e. The van der Waals surface area contributed by atoms with Gasteiger partial charge in [-0.15, -0.1) is 0 Å². The molecule has 2 atom stereocenters. The highest BCUT2D eigenvalue weighted by molar-refractivity contribution is 6.36. The largest absolute Gasteiger partial charge is 0.481 e. The van der Waals surface area contributed by atoms with Crippen LogP contribution in [0.4, 0.5) is 0 Å². The average molecular weight is 370 g/mol. The molecule has 1 aliphatic rings. The highest BCUT2D eigenvalue weighted by Gasteiger charge is 2.35. The number of imidazole rings is 1. The molecule has 0 spiro atoms. The van der Waals surface area contributed by atoms with Gasteiger partial charge in [0.05, 0.1) is 28.1 Å². The summed E-state index contributed by atoms with van der Waals surface area (Å²) in [6.45, 7) is 2.36. The van der Waals surface area contributed by atoms with Gasteiger partial charge < -0.3 is 14.4 Å². The molecule has 1 saturated heterocycles. The molecule has 0 aromatic carbocycles. The van der Waals surface area contributed by atoms with Gasteiger partial charge in [0, 0.05) is 25.0 Å². The third kappa shape index (κ3) is 3.21. The van der Waals surface area contributed by atoms with Crippen LogP contribution in [0.15, 0.2) is 18.5 Å². The zero-order valence-electron chi connectivity index (χ0n) is 13.1. The van der Waals surface area contributed by atoms with Crippen molar-refractivity contribution >= 4 is 40.7 Å². The third-order valence-electron chi connectivity index (χ3n) is 4.48. The van der Waals surface area contributed by atoms with Crippen molar-refractivity contribution in [3.05, 3.63) is 34.2 Å². The number of carboxylic acids is 1. The number of piperidine rings is 1. The number of halogens is 2. The second-order valence-electron chi connectivity index (χ2n) is 6.06. The van der Waals surface area contributed by atoms with E-state index in [0.717, 1.165) is 0 Å². The summed E-state index contributed by atoms with van der Waals surface area (Å²) in [6.07, 6.45) is 4.79. The number of aromatic nitrogens is 2. The first kappa shape index (κ1) is 17.0. The van der Waals surface area contributed by atoms with Crippen LogP contribution in [-0.4, -0.2) is 43.9 Å². The lowest BCUT2D eigenvalue weighted by atomic mass is 9.90. The highest BCUT2D eigenvalue weighted by atomic mass is 35.5. The Kier molecular flexibility index (Phi) is 4.69. The quantitative estimate of drug-likeness (QED) is 0.902. The predicted octanol–water partition coefficient (Wildman–Crippen LogP) is 2.90. The summed E-state index contributed by atoms with van der Waals surface area (Å²) in [5.74, 6) is -1.50. The zero-order valence-corrected chi connectivity index (χ0v) is 14.6. The molecule has 0 bridgehead atoms. The fourth-order valence-electron chi connectivity index (χ4n) is 3.24. The molecular formula is C16H17Cl2N3O3. The van der Waals surface area contributed by atoms with Gasteiger partial charge in [0.2, 0.25) is 5.91 Å². The molecular weight excluding hydrogens is 353 g/mol. The van der Waals surface area contributed by atoms with E-state index in [2.05, 4.69) is 4.98 Å². The van der Waals surface area contributed by atoms with E-state index in [4.69, 9.17) is 23.2 Å². The Balaban J connectivity index is 1.79. The van der Waals surface area contributed by atoms with Gasteiger partial charge in [-0.2, -0.15) is 0 Å². The van der Waals surface area contributed by atoms with Crippen LogP contribution in [0.2, 0.25) is 10.0 Å². The fourth-order valence-corrected chi connectivity index (χ4v) is 3.77. The average Bonchev–Trinajstić information content (AvgIpc) is 2.89. The number of hydrogen-bond donors (Lipinski definition) is 1. The second kappa shape index (κ2) is 6.61. The highest BCUT2D eigenvalue weighted by Crippen LogP contribution is 2.25. The second-order valence-corrected chi connectivity index (χ2v) is 6.90. The first-order chi connectivity index (χ1) is 11.4. The molecule has 2 aromatic heterocycles. The Morgan fingerprint density at radius 2 is 2.12 bits per heavy atom. The summed E-state index contributed by atoms with van der Waals surface area (Å²) in [7, 11) is 0. The summed E-state index contributed by atoms with van der Waals surface area (Å²) >= 11 is 12.1. The lowest BCUT2D eigenvalue weighted by molar-refractivity contribution is -0.148. The number of fused-ring (bicyclic) bond motifs is 1. The van der Waals surface area contributed by atoms with Crippen molar-refractivity contribution < 1.29 is 14.7 Å². The van der Waals surface area contributed by atoms with Gasteiger partial charge in [0.25, 0.3) is 0 Å². The van der Waals surface area contributed by atoms with Gasteiger partial charge in [-0.3, -0.25) is 9.59 Å². The normalized spacial score (nSPS) is 21.2. The lowest BCUT2D eigenvalue weighted by Gasteiger charge is -2.37. The van der Waals surface area contributed by atoms with Crippen LogP contribution in [0.3, 0.4) is 0 Å². The number of carbonyl (C=O) groups excluding carboxylic acids is 1. The minimum atomic E-state index is -0.853. The van der Waals surface area contributed by atoms with E-state index in [1.54, 1.807) is 34.7 Å². The third-order valence-corrected chi connectivity index (χ3v) is 4.97. The Morgan fingerprint density at radius 3 is 2.83 bits per heavy atom. The summed E-state index contributed by atoms with van der Waals surface area (Å²) in [6, 6.07) is 1.28. The van der Waals surface area contributed by atoms with Gasteiger partial charge in [0.1, 0.15) is 0 Å². The molecule has 24 heavy (non-hydrogen) atoms. The number of pyridine rings is 1. The zero-order chi connectivity index (χ0) is 17.4. The summed E-state index contributed by atoms with van der Waals surface area (Å²) in [4.78, 5) is 29.9. The van der Waals surface area contributed by atoms with E-state index in [0.29, 0.717) is 40.8 Å². The molecule has 1 N–H and O–H groups in total. The molecule has 8 heteroatoms. The summed E-state index contributed by atoms with van der Waals surface area (Å²) < 4.78 is 1.69. The molecule has 6 nitrogen and oxygen atoms in total. The van der Waals surface area contributed by atoms with E-state index in [1.807, 2.05) is 0 Å². The van der Waals surface area contributed by atoms with Crippen molar-refractivity contribution in [2.45, 2.75) is 32.2 Å². The number of hydrogen-bond acceptors (Lipinski definition) is 3. The number of carbonyl (C=O) groups is 2. The molecule has 1 fully saturated rings. The smallest absolute Gasteiger partial charge is 0.308 e. The Bertz CT molecular complexity index is 805. The van der Waals surface area contributed by atoms with Crippen LogP contribution in [0, 0.1) is 5.92 Å². The van der Waals surface area contributed by atoms with Crippen LogP contribution < -0.4 is 0 Å². The molecule has 3 rings (SSSR count). The lowest BCUT2D eigenvalue weighted by Crippen LogP contribution is -2.49. The Morgan fingerprint density at radius 1 is 1.38 bits per heavy atom.